The number of hydrogen-bond acceptors (Lipinski definition) is 4. The Kier molecular flexibility index (Phi) is 5.15. The Hall–Kier alpha value is -1.56. The van der Waals surface area contributed by atoms with Gasteiger partial charge in [-0.15, -0.1) is 11.8 Å². The highest BCUT2D eigenvalue weighted by atomic mass is 32.2. The van der Waals surface area contributed by atoms with Crippen LogP contribution in [0.2, 0.25) is 0 Å². The van der Waals surface area contributed by atoms with Crippen LogP contribution in [0.3, 0.4) is 0 Å². The number of hydrogen-bond donors (Lipinski definition) is 1. The lowest BCUT2D eigenvalue weighted by Gasteiger charge is -2.10. The van der Waals surface area contributed by atoms with E-state index in [0.717, 1.165) is 5.03 Å². The smallest absolute Gasteiger partial charge is 0.307 e. The van der Waals surface area contributed by atoms with Gasteiger partial charge in [0.1, 0.15) is 0 Å². The average Bonchev–Trinajstić information content (AvgIpc) is 2.35. The normalized spacial score (nSPS) is 11.9. The standard InChI is InChI=1S/C12H16N2O3S/c1-8(12(16)17)7-18-10-5-4-9(6-13-10)11(15)14(2)3/h4-6,8H,7H2,1-3H3,(H,16,17). The van der Waals surface area contributed by atoms with Crippen molar-refractivity contribution < 1.29 is 14.7 Å². The third kappa shape index (κ3) is 4.03. The Morgan fingerprint density at radius 3 is 2.56 bits per heavy atom. The largest absolute Gasteiger partial charge is 0.481 e. The van der Waals surface area contributed by atoms with Gasteiger partial charge in [-0.2, -0.15) is 0 Å². The molecule has 1 aromatic rings. The van der Waals surface area contributed by atoms with Gasteiger partial charge in [-0.25, -0.2) is 4.98 Å². The van der Waals surface area contributed by atoms with Crippen LogP contribution in [-0.2, 0) is 4.79 Å². The second kappa shape index (κ2) is 6.39. The van der Waals surface area contributed by atoms with Crippen molar-refractivity contribution >= 4 is 23.6 Å². The Labute approximate surface area is 110 Å². The van der Waals surface area contributed by atoms with Gasteiger partial charge in [0.2, 0.25) is 0 Å². The summed E-state index contributed by atoms with van der Waals surface area (Å²) in [4.78, 5) is 27.9. The fourth-order valence-electron chi connectivity index (χ4n) is 1.13. The van der Waals surface area contributed by atoms with Gasteiger partial charge in [0.25, 0.3) is 5.91 Å². The first-order chi connectivity index (χ1) is 8.41. The van der Waals surface area contributed by atoms with Crippen LogP contribution < -0.4 is 0 Å². The second-order valence-electron chi connectivity index (χ2n) is 4.13. The number of thioether (sulfide) groups is 1. The zero-order valence-electron chi connectivity index (χ0n) is 10.6. The Morgan fingerprint density at radius 1 is 1.44 bits per heavy atom. The molecule has 0 aromatic carbocycles. The first-order valence-corrected chi connectivity index (χ1v) is 6.43. The van der Waals surface area contributed by atoms with E-state index in [0.29, 0.717) is 11.3 Å². The maximum absolute atomic E-state index is 11.6. The van der Waals surface area contributed by atoms with Gasteiger partial charge in [0.15, 0.2) is 0 Å². The molecule has 1 heterocycles. The van der Waals surface area contributed by atoms with E-state index in [9.17, 15) is 9.59 Å². The highest BCUT2D eigenvalue weighted by molar-refractivity contribution is 7.99. The minimum atomic E-state index is -0.818. The molecule has 98 valence electrons. The average molecular weight is 268 g/mol. The SMILES string of the molecule is CC(CSc1ccc(C(=O)N(C)C)cn1)C(=O)O. The monoisotopic (exact) mass is 268 g/mol. The molecule has 0 saturated carbocycles. The van der Waals surface area contributed by atoms with Crippen molar-refractivity contribution in [2.45, 2.75) is 11.9 Å². The van der Waals surface area contributed by atoms with Crippen molar-refractivity contribution in [3.63, 3.8) is 0 Å². The summed E-state index contributed by atoms with van der Waals surface area (Å²) in [6.45, 7) is 1.65. The number of carbonyl (C=O) groups is 2. The third-order valence-corrected chi connectivity index (χ3v) is 3.50. The van der Waals surface area contributed by atoms with Crippen molar-refractivity contribution in [3.05, 3.63) is 23.9 Å². The number of amides is 1. The number of nitrogens with zero attached hydrogens (tertiary/aromatic N) is 2. The lowest BCUT2D eigenvalue weighted by Crippen LogP contribution is -2.21. The van der Waals surface area contributed by atoms with Crippen molar-refractivity contribution in [3.8, 4) is 0 Å². The molecule has 1 amide bonds. The maximum atomic E-state index is 11.6. The van der Waals surface area contributed by atoms with Gasteiger partial charge in [0.05, 0.1) is 16.5 Å². The van der Waals surface area contributed by atoms with Crippen LogP contribution in [0.25, 0.3) is 0 Å². The maximum Gasteiger partial charge on any atom is 0.307 e. The molecule has 0 spiro atoms. The second-order valence-corrected chi connectivity index (χ2v) is 5.18. The van der Waals surface area contributed by atoms with Crippen LogP contribution in [0.4, 0.5) is 0 Å². The van der Waals surface area contributed by atoms with Gasteiger partial charge < -0.3 is 10.0 Å². The van der Waals surface area contributed by atoms with Crippen LogP contribution >= 0.6 is 11.8 Å². The fourth-order valence-corrected chi connectivity index (χ4v) is 1.99. The minimum Gasteiger partial charge on any atom is -0.481 e. The molecule has 0 saturated heterocycles. The molecule has 5 nitrogen and oxygen atoms in total. The highest BCUT2D eigenvalue weighted by Gasteiger charge is 2.12. The number of aliphatic carboxylic acids is 1. The summed E-state index contributed by atoms with van der Waals surface area (Å²) in [5.74, 6) is -0.872. The predicted molar refractivity (Wildman–Crippen MR) is 69.8 cm³/mol. The lowest BCUT2D eigenvalue weighted by molar-refractivity contribution is -0.140. The molecule has 0 radical (unpaired) electrons. The van der Waals surface area contributed by atoms with Gasteiger partial charge in [-0.1, -0.05) is 6.92 Å². The molecule has 1 unspecified atom stereocenters. The predicted octanol–water partition coefficient (Wildman–Crippen LogP) is 1.60. The molecule has 6 heteroatoms. The number of carbonyl (C=O) groups excluding carboxylic acids is 1. The first kappa shape index (κ1) is 14.5. The summed E-state index contributed by atoms with van der Waals surface area (Å²) in [5, 5.41) is 9.47. The van der Waals surface area contributed by atoms with Crippen LogP contribution in [0.5, 0.6) is 0 Å². The summed E-state index contributed by atoms with van der Waals surface area (Å²) in [5.41, 5.74) is 0.524. The van der Waals surface area contributed by atoms with E-state index in [1.807, 2.05) is 0 Å². The van der Waals surface area contributed by atoms with Gasteiger partial charge in [-0.05, 0) is 12.1 Å². The Bertz CT molecular complexity index is 431. The van der Waals surface area contributed by atoms with Crippen molar-refractivity contribution in [2.75, 3.05) is 19.8 Å². The molecule has 1 rings (SSSR count). The number of aromatic nitrogens is 1. The summed E-state index contributed by atoms with van der Waals surface area (Å²) in [6, 6.07) is 3.43. The summed E-state index contributed by atoms with van der Waals surface area (Å²) in [7, 11) is 3.36. The van der Waals surface area contributed by atoms with Crippen molar-refractivity contribution in [1.29, 1.82) is 0 Å². The van der Waals surface area contributed by atoms with Gasteiger partial charge in [-0.3, -0.25) is 9.59 Å². The number of carboxylic acid groups (broad SMARTS) is 1. The highest BCUT2D eigenvalue weighted by Crippen LogP contribution is 2.19. The van der Waals surface area contributed by atoms with E-state index in [-0.39, 0.29) is 5.91 Å². The molecule has 0 aliphatic heterocycles. The molecule has 1 N–H and O–H groups in total. The van der Waals surface area contributed by atoms with E-state index < -0.39 is 11.9 Å². The van der Waals surface area contributed by atoms with E-state index >= 15 is 0 Å². The van der Waals surface area contributed by atoms with Gasteiger partial charge in [0, 0.05) is 26.0 Å². The van der Waals surface area contributed by atoms with Crippen LogP contribution in [0.1, 0.15) is 17.3 Å². The molecule has 18 heavy (non-hydrogen) atoms. The lowest BCUT2D eigenvalue weighted by atomic mass is 10.2. The quantitative estimate of drug-likeness (QED) is 0.821. The number of carboxylic acids is 1. The zero-order valence-corrected chi connectivity index (χ0v) is 11.4. The molecular weight excluding hydrogens is 252 g/mol. The minimum absolute atomic E-state index is 0.0991. The molecule has 0 aliphatic rings. The molecular formula is C12H16N2O3S. The number of rotatable bonds is 5. The van der Waals surface area contributed by atoms with Crippen LogP contribution in [-0.4, -0.2) is 46.7 Å². The number of pyridine rings is 1. The van der Waals surface area contributed by atoms with E-state index in [1.54, 1.807) is 33.2 Å². The third-order valence-electron chi connectivity index (χ3n) is 2.29. The molecule has 1 aromatic heterocycles. The molecule has 0 bridgehead atoms. The van der Waals surface area contributed by atoms with Crippen molar-refractivity contribution in [2.24, 2.45) is 5.92 Å². The Morgan fingerprint density at radius 2 is 2.11 bits per heavy atom. The van der Waals surface area contributed by atoms with E-state index in [4.69, 9.17) is 5.11 Å². The topological polar surface area (TPSA) is 70.5 Å². The van der Waals surface area contributed by atoms with E-state index in [1.165, 1.54) is 22.9 Å². The molecule has 1 atom stereocenters. The van der Waals surface area contributed by atoms with Gasteiger partial charge >= 0.3 is 5.97 Å². The summed E-state index contributed by atoms with van der Waals surface area (Å²) < 4.78 is 0. The zero-order chi connectivity index (χ0) is 13.7. The van der Waals surface area contributed by atoms with Crippen LogP contribution in [0, 0.1) is 5.92 Å². The summed E-state index contributed by atoms with van der Waals surface area (Å²) >= 11 is 1.37. The molecule has 0 aliphatic carbocycles. The van der Waals surface area contributed by atoms with Crippen molar-refractivity contribution in [1.82, 2.24) is 9.88 Å². The van der Waals surface area contributed by atoms with Crippen LogP contribution in [0.15, 0.2) is 23.4 Å². The summed E-state index contributed by atoms with van der Waals surface area (Å²) in [6.07, 6.45) is 1.51. The molecule has 0 fully saturated rings. The van der Waals surface area contributed by atoms with E-state index in [2.05, 4.69) is 4.98 Å². The fraction of sp³-hybridized carbons (Fsp3) is 0.417. The Balaban J connectivity index is 2.61. The first-order valence-electron chi connectivity index (χ1n) is 5.45.